The number of carbonyl (C=O) groups is 3. The maximum absolute atomic E-state index is 12.0. The number of allylic oxidation sites excluding steroid dienone is 1. The Balaban J connectivity index is 2.56. The molecule has 0 aliphatic heterocycles. The van der Waals surface area contributed by atoms with E-state index in [4.69, 9.17) is 5.11 Å². The summed E-state index contributed by atoms with van der Waals surface area (Å²) in [6.07, 6.45) is 5.89. The van der Waals surface area contributed by atoms with Gasteiger partial charge in [0.25, 0.3) is 5.91 Å². The van der Waals surface area contributed by atoms with Gasteiger partial charge in [-0.25, -0.2) is 0 Å². The van der Waals surface area contributed by atoms with Gasteiger partial charge in [0.1, 0.15) is 6.04 Å². The molecule has 0 saturated heterocycles. The Morgan fingerprint density at radius 2 is 2.00 bits per heavy atom. The quantitative estimate of drug-likeness (QED) is 0.714. The summed E-state index contributed by atoms with van der Waals surface area (Å²) in [5.41, 5.74) is 1.26. The van der Waals surface area contributed by atoms with E-state index in [1.807, 2.05) is 18.2 Å². The van der Waals surface area contributed by atoms with Crippen molar-refractivity contribution < 1.29 is 19.5 Å². The van der Waals surface area contributed by atoms with E-state index >= 15 is 0 Å². The lowest BCUT2D eigenvalue weighted by atomic mass is 10.1. The summed E-state index contributed by atoms with van der Waals surface area (Å²) in [5, 5.41) is 11.2. The summed E-state index contributed by atoms with van der Waals surface area (Å²) >= 11 is 0. The van der Waals surface area contributed by atoms with Crippen molar-refractivity contribution in [2.75, 3.05) is 14.1 Å². The number of unbranched alkanes of at least 4 members (excludes halogenated alkanes) is 1. The zero-order chi connectivity index (χ0) is 18.1. The topological polar surface area (TPSA) is 86.7 Å². The van der Waals surface area contributed by atoms with Gasteiger partial charge in [0.15, 0.2) is 0 Å². The molecule has 0 aliphatic rings. The van der Waals surface area contributed by atoms with Crippen LogP contribution < -0.4 is 5.32 Å². The Hall–Kier alpha value is -2.63. The molecule has 0 heterocycles. The molecular weight excluding hydrogens is 308 g/mol. The summed E-state index contributed by atoms with van der Waals surface area (Å²) < 4.78 is 0. The number of benzene rings is 1. The minimum atomic E-state index is -1.08. The predicted molar refractivity (Wildman–Crippen MR) is 92.6 cm³/mol. The van der Waals surface area contributed by atoms with Crippen molar-refractivity contribution in [3.8, 4) is 0 Å². The molecule has 2 amide bonds. The third kappa shape index (κ3) is 6.64. The van der Waals surface area contributed by atoms with E-state index in [1.165, 1.54) is 6.92 Å². The fourth-order valence-electron chi connectivity index (χ4n) is 1.94. The van der Waals surface area contributed by atoms with E-state index in [1.54, 1.807) is 37.2 Å². The third-order valence-electron chi connectivity index (χ3n) is 3.44. The van der Waals surface area contributed by atoms with Gasteiger partial charge in [0, 0.05) is 26.1 Å². The number of aliphatic carboxylic acids is 1. The summed E-state index contributed by atoms with van der Waals surface area (Å²) in [6.45, 7) is 1.42. The Kier molecular flexibility index (Phi) is 7.68. The standard InChI is InChI=1S/C18H24N2O4/c1-13(18(23)24)19-17(22)15-10-7-9-14(12-15)8-5-4-6-11-16(21)20(2)3/h5,7-10,12-13H,4,6,11H2,1-3H3,(H,19,22)(H,23,24)/t13-/m1/s1. The fraction of sp³-hybridized carbons (Fsp3) is 0.389. The number of amides is 2. The number of nitrogens with one attached hydrogen (secondary N) is 1. The molecule has 130 valence electrons. The summed E-state index contributed by atoms with van der Waals surface area (Å²) in [6, 6.07) is 6.00. The molecule has 1 rings (SSSR count). The average Bonchev–Trinajstić information content (AvgIpc) is 2.54. The van der Waals surface area contributed by atoms with Crippen LogP contribution in [0.2, 0.25) is 0 Å². The molecule has 0 radical (unpaired) electrons. The maximum atomic E-state index is 12.0. The van der Waals surface area contributed by atoms with Crippen LogP contribution in [0.5, 0.6) is 0 Å². The second kappa shape index (κ2) is 9.50. The molecule has 0 fully saturated rings. The molecule has 0 aromatic heterocycles. The Labute approximate surface area is 142 Å². The van der Waals surface area contributed by atoms with Crippen molar-refractivity contribution >= 4 is 23.9 Å². The molecule has 1 aromatic carbocycles. The number of carboxylic acids is 1. The first-order valence-corrected chi connectivity index (χ1v) is 7.81. The van der Waals surface area contributed by atoms with Crippen LogP contribution in [0.25, 0.3) is 6.08 Å². The fourth-order valence-corrected chi connectivity index (χ4v) is 1.94. The van der Waals surface area contributed by atoms with Crippen molar-refractivity contribution in [1.82, 2.24) is 10.2 Å². The first-order valence-electron chi connectivity index (χ1n) is 7.81. The van der Waals surface area contributed by atoms with Crippen molar-refractivity contribution in [2.24, 2.45) is 0 Å². The van der Waals surface area contributed by atoms with E-state index in [0.717, 1.165) is 18.4 Å². The Bertz CT molecular complexity index is 623. The van der Waals surface area contributed by atoms with Crippen LogP contribution in [0, 0.1) is 0 Å². The Morgan fingerprint density at radius 1 is 1.29 bits per heavy atom. The van der Waals surface area contributed by atoms with E-state index in [2.05, 4.69) is 5.32 Å². The SMILES string of the molecule is C[C@@H](NC(=O)c1cccc(C=CCCCC(=O)N(C)C)c1)C(=O)O. The zero-order valence-electron chi connectivity index (χ0n) is 14.3. The number of carboxylic acid groups (broad SMARTS) is 1. The molecule has 0 aliphatic carbocycles. The van der Waals surface area contributed by atoms with Gasteiger partial charge in [-0.15, -0.1) is 0 Å². The first kappa shape index (κ1) is 19.4. The average molecular weight is 332 g/mol. The van der Waals surface area contributed by atoms with Crippen molar-refractivity contribution in [1.29, 1.82) is 0 Å². The molecule has 2 N–H and O–H groups in total. The smallest absolute Gasteiger partial charge is 0.325 e. The van der Waals surface area contributed by atoms with Gasteiger partial charge in [0.05, 0.1) is 0 Å². The normalized spacial score (nSPS) is 12.0. The second-order valence-electron chi connectivity index (χ2n) is 5.74. The molecule has 6 heteroatoms. The van der Waals surface area contributed by atoms with Crippen LogP contribution >= 0.6 is 0 Å². The summed E-state index contributed by atoms with van der Waals surface area (Å²) in [4.78, 5) is 35.8. The number of nitrogens with zero attached hydrogens (tertiary/aromatic N) is 1. The van der Waals surface area contributed by atoms with Crippen LogP contribution in [-0.2, 0) is 9.59 Å². The lowest BCUT2D eigenvalue weighted by Gasteiger charge is -2.09. The van der Waals surface area contributed by atoms with Crippen LogP contribution in [0.1, 0.15) is 42.1 Å². The molecule has 0 unspecified atom stereocenters. The van der Waals surface area contributed by atoms with Gasteiger partial charge in [-0.1, -0.05) is 24.3 Å². The predicted octanol–water partition coefficient (Wildman–Crippen LogP) is 2.16. The minimum absolute atomic E-state index is 0.106. The molecular formula is C18H24N2O4. The molecule has 1 atom stereocenters. The largest absolute Gasteiger partial charge is 0.480 e. The minimum Gasteiger partial charge on any atom is -0.480 e. The summed E-state index contributed by atoms with van der Waals surface area (Å²) in [5.74, 6) is -1.39. The van der Waals surface area contributed by atoms with Crippen LogP contribution in [0.15, 0.2) is 30.3 Å². The zero-order valence-corrected chi connectivity index (χ0v) is 14.3. The van der Waals surface area contributed by atoms with E-state index in [-0.39, 0.29) is 5.91 Å². The molecule has 6 nitrogen and oxygen atoms in total. The van der Waals surface area contributed by atoms with E-state index < -0.39 is 17.9 Å². The molecule has 0 saturated carbocycles. The monoisotopic (exact) mass is 332 g/mol. The molecule has 24 heavy (non-hydrogen) atoms. The van der Waals surface area contributed by atoms with Gasteiger partial charge in [0.2, 0.25) is 5.91 Å². The lowest BCUT2D eigenvalue weighted by Crippen LogP contribution is -2.38. The number of carbonyl (C=O) groups excluding carboxylic acids is 2. The highest BCUT2D eigenvalue weighted by Crippen LogP contribution is 2.09. The van der Waals surface area contributed by atoms with Crippen molar-refractivity contribution in [3.63, 3.8) is 0 Å². The summed E-state index contributed by atoms with van der Waals surface area (Å²) in [7, 11) is 3.47. The van der Waals surface area contributed by atoms with Crippen LogP contribution in [0.3, 0.4) is 0 Å². The molecule has 0 spiro atoms. The highest BCUT2D eigenvalue weighted by atomic mass is 16.4. The van der Waals surface area contributed by atoms with Gasteiger partial charge in [-0.05, 0) is 37.5 Å². The van der Waals surface area contributed by atoms with E-state index in [9.17, 15) is 14.4 Å². The highest BCUT2D eigenvalue weighted by molar-refractivity contribution is 5.96. The molecule has 1 aromatic rings. The number of hydrogen-bond donors (Lipinski definition) is 2. The highest BCUT2D eigenvalue weighted by Gasteiger charge is 2.15. The van der Waals surface area contributed by atoms with Crippen LogP contribution in [0.4, 0.5) is 0 Å². The third-order valence-corrected chi connectivity index (χ3v) is 3.44. The molecule has 0 bridgehead atoms. The van der Waals surface area contributed by atoms with Gasteiger partial charge in [-0.2, -0.15) is 0 Å². The van der Waals surface area contributed by atoms with Gasteiger partial charge < -0.3 is 15.3 Å². The van der Waals surface area contributed by atoms with Crippen LogP contribution in [-0.4, -0.2) is 47.9 Å². The van der Waals surface area contributed by atoms with Crippen molar-refractivity contribution in [3.05, 3.63) is 41.5 Å². The lowest BCUT2D eigenvalue weighted by molar-refractivity contribution is -0.138. The Morgan fingerprint density at radius 3 is 2.62 bits per heavy atom. The van der Waals surface area contributed by atoms with Gasteiger partial charge in [-0.3, -0.25) is 14.4 Å². The first-order chi connectivity index (χ1) is 11.3. The van der Waals surface area contributed by atoms with Crippen molar-refractivity contribution in [2.45, 2.75) is 32.2 Å². The van der Waals surface area contributed by atoms with Gasteiger partial charge >= 0.3 is 5.97 Å². The maximum Gasteiger partial charge on any atom is 0.325 e. The second-order valence-corrected chi connectivity index (χ2v) is 5.74. The number of hydrogen-bond acceptors (Lipinski definition) is 3. The number of rotatable bonds is 8. The van der Waals surface area contributed by atoms with E-state index in [0.29, 0.717) is 12.0 Å².